The molecule has 0 aliphatic carbocycles. The molecule has 3 heteroatoms. The van der Waals surface area contributed by atoms with Gasteiger partial charge in [0.25, 0.3) is 11.8 Å². The zero-order valence-electron chi connectivity index (χ0n) is 10.1. The average molecular weight is 239 g/mol. The third-order valence-corrected chi connectivity index (χ3v) is 3.30. The standard InChI is InChI=1S/C15H13NO2/c1-2-9-16-14(17)11-7-3-5-10-6-4-8-12(13(10)11)15(16)18/h3-8H,2,9H2,1H3. The molecular formula is C15H13NO2. The summed E-state index contributed by atoms with van der Waals surface area (Å²) in [6.45, 7) is 2.43. The number of amides is 2. The van der Waals surface area contributed by atoms with Gasteiger partial charge in [-0.05, 0) is 23.9 Å². The van der Waals surface area contributed by atoms with Crippen molar-refractivity contribution in [2.24, 2.45) is 0 Å². The zero-order chi connectivity index (χ0) is 12.7. The Balaban J connectivity index is 2.32. The quantitative estimate of drug-likeness (QED) is 0.756. The van der Waals surface area contributed by atoms with Crippen molar-refractivity contribution in [3.8, 4) is 0 Å². The molecule has 18 heavy (non-hydrogen) atoms. The fourth-order valence-corrected chi connectivity index (χ4v) is 2.51. The van der Waals surface area contributed by atoms with E-state index >= 15 is 0 Å². The lowest BCUT2D eigenvalue weighted by Gasteiger charge is -2.26. The Morgan fingerprint density at radius 3 is 2.00 bits per heavy atom. The first-order valence-corrected chi connectivity index (χ1v) is 6.12. The fourth-order valence-electron chi connectivity index (χ4n) is 2.51. The molecule has 2 aromatic carbocycles. The molecule has 0 radical (unpaired) electrons. The Labute approximate surface area is 105 Å². The highest BCUT2D eigenvalue weighted by Crippen LogP contribution is 2.29. The second-order valence-corrected chi connectivity index (χ2v) is 4.47. The predicted octanol–water partition coefficient (Wildman–Crippen LogP) is 2.85. The van der Waals surface area contributed by atoms with Crippen molar-refractivity contribution in [3.05, 3.63) is 47.5 Å². The molecule has 3 nitrogen and oxygen atoms in total. The van der Waals surface area contributed by atoms with E-state index < -0.39 is 0 Å². The molecule has 1 aliphatic heterocycles. The van der Waals surface area contributed by atoms with Gasteiger partial charge in [-0.2, -0.15) is 0 Å². The smallest absolute Gasteiger partial charge is 0.261 e. The van der Waals surface area contributed by atoms with Crippen LogP contribution in [-0.2, 0) is 0 Å². The minimum absolute atomic E-state index is 0.175. The summed E-state index contributed by atoms with van der Waals surface area (Å²) in [7, 11) is 0. The van der Waals surface area contributed by atoms with Crippen molar-refractivity contribution in [1.82, 2.24) is 4.90 Å². The molecule has 0 fully saturated rings. The number of rotatable bonds is 2. The molecule has 1 heterocycles. The van der Waals surface area contributed by atoms with Gasteiger partial charge in [-0.1, -0.05) is 31.2 Å². The highest BCUT2D eigenvalue weighted by atomic mass is 16.2. The first kappa shape index (κ1) is 11.0. The summed E-state index contributed by atoms with van der Waals surface area (Å²) in [5, 5.41) is 1.74. The van der Waals surface area contributed by atoms with E-state index in [0.29, 0.717) is 17.7 Å². The Kier molecular flexibility index (Phi) is 2.40. The molecule has 0 spiro atoms. The molecule has 1 aliphatic rings. The van der Waals surface area contributed by atoms with Gasteiger partial charge >= 0.3 is 0 Å². The van der Waals surface area contributed by atoms with Crippen LogP contribution in [0.15, 0.2) is 36.4 Å². The summed E-state index contributed by atoms with van der Waals surface area (Å²) in [5.41, 5.74) is 1.27. The summed E-state index contributed by atoms with van der Waals surface area (Å²) in [5.74, 6) is -0.350. The van der Waals surface area contributed by atoms with E-state index in [1.807, 2.05) is 31.2 Å². The number of benzene rings is 2. The van der Waals surface area contributed by atoms with Crippen LogP contribution in [0.3, 0.4) is 0 Å². The number of carbonyl (C=O) groups is 2. The van der Waals surface area contributed by atoms with Gasteiger partial charge in [0, 0.05) is 23.1 Å². The minimum Gasteiger partial charge on any atom is -0.274 e. The minimum atomic E-state index is -0.175. The third-order valence-electron chi connectivity index (χ3n) is 3.30. The number of imide groups is 1. The Bertz CT molecular complexity index is 610. The molecule has 0 aromatic heterocycles. The van der Waals surface area contributed by atoms with Gasteiger partial charge in [0.2, 0.25) is 0 Å². The molecule has 0 saturated carbocycles. The number of hydrogen-bond acceptors (Lipinski definition) is 2. The van der Waals surface area contributed by atoms with Crippen LogP contribution in [-0.4, -0.2) is 23.3 Å². The Morgan fingerprint density at radius 1 is 0.944 bits per heavy atom. The summed E-state index contributed by atoms with van der Waals surface area (Å²) in [6.07, 6.45) is 0.773. The van der Waals surface area contributed by atoms with Crippen molar-refractivity contribution in [2.45, 2.75) is 13.3 Å². The van der Waals surface area contributed by atoms with Crippen LogP contribution in [0.2, 0.25) is 0 Å². The van der Waals surface area contributed by atoms with Crippen LogP contribution in [0.4, 0.5) is 0 Å². The van der Waals surface area contributed by atoms with Crippen LogP contribution < -0.4 is 0 Å². The lowest BCUT2D eigenvalue weighted by atomic mass is 9.94. The molecule has 0 bridgehead atoms. The van der Waals surface area contributed by atoms with Crippen LogP contribution in [0.25, 0.3) is 10.8 Å². The highest BCUT2D eigenvalue weighted by molar-refractivity contribution is 6.25. The molecule has 2 amide bonds. The van der Waals surface area contributed by atoms with Crippen LogP contribution >= 0.6 is 0 Å². The van der Waals surface area contributed by atoms with Crippen molar-refractivity contribution in [3.63, 3.8) is 0 Å². The van der Waals surface area contributed by atoms with Gasteiger partial charge in [-0.15, -0.1) is 0 Å². The van der Waals surface area contributed by atoms with Crippen molar-refractivity contribution in [2.75, 3.05) is 6.54 Å². The molecular weight excluding hydrogens is 226 g/mol. The molecule has 3 rings (SSSR count). The van der Waals surface area contributed by atoms with Gasteiger partial charge in [0.15, 0.2) is 0 Å². The highest BCUT2D eigenvalue weighted by Gasteiger charge is 2.31. The Morgan fingerprint density at radius 2 is 1.50 bits per heavy atom. The molecule has 2 aromatic rings. The summed E-state index contributed by atoms with van der Waals surface area (Å²) >= 11 is 0. The van der Waals surface area contributed by atoms with E-state index in [4.69, 9.17) is 0 Å². The normalized spacial score (nSPS) is 14.4. The van der Waals surface area contributed by atoms with E-state index in [1.54, 1.807) is 12.1 Å². The van der Waals surface area contributed by atoms with Gasteiger partial charge < -0.3 is 0 Å². The lowest BCUT2D eigenvalue weighted by molar-refractivity contribution is 0.0610. The lowest BCUT2D eigenvalue weighted by Crippen LogP contribution is -2.40. The van der Waals surface area contributed by atoms with Crippen molar-refractivity contribution >= 4 is 22.6 Å². The SMILES string of the molecule is CCCN1C(=O)c2cccc3cccc(c23)C1=O. The number of carbonyl (C=O) groups excluding carboxylic acids is 2. The van der Waals surface area contributed by atoms with E-state index in [-0.39, 0.29) is 11.8 Å². The van der Waals surface area contributed by atoms with Gasteiger partial charge in [0.1, 0.15) is 0 Å². The first-order chi connectivity index (χ1) is 8.74. The van der Waals surface area contributed by atoms with E-state index in [2.05, 4.69) is 0 Å². The largest absolute Gasteiger partial charge is 0.274 e. The Hall–Kier alpha value is -2.16. The van der Waals surface area contributed by atoms with E-state index in [1.165, 1.54) is 4.90 Å². The molecule has 0 unspecified atom stereocenters. The summed E-state index contributed by atoms with van der Waals surface area (Å²) < 4.78 is 0. The second-order valence-electron chi connectivity index (χ2n) is 4.47. The average Bonchev–Trinajstić information content (AvgIpc) is 2.40. The third kappa shape index (κ3) is 1.37. The van der Waals surface area contributed by atoms with E-state index in [0.717, 1.165) is 17.2 Å². The molecule has 90 valence electrons. The van der Waals surface area contributed by atoms with Crippen molar-refractivity contribution < 1.29 is 9.59 Å². The second kappa shape index (κ2) is 3.95. The van der Waals surface area contributed by atoms with Gasteiger partial charge in [0.05, 0.1) is 0 Å². The fraction of sp³-hybridized carbons (Fsp3) is 0.200. The summed E-state index contributed by atoms with van der Waals surface area (Å²) in [6, 6.07) is 11.2. The summed E-state index contributed by atoms with van der Waals surface area (Å²) in [4.78, 5) is 26.0. The molecule has 0 saturated heterocycles. The first-order valence-electron chi connectivity index (χ1n) is 6.12. The zero-order valence-corrected chi connectivity index (χ0v) is 10.1. The number of hydrogen-bond donors (Lipinski definition) is 0. The maximum absolute atomic E-state index is 12.3. The van der Waals surface area contributed by atoms with E-state index in [9.17, 15) is 9.59 Å². The van der Waals surface area contributed by atoms with Crippen LogP contribution in [0.5, 0.6) is 0 Å². The van der Waals surface area contributed by atoms with Gasteiger partial charge in [-0.3, -0.25) is 14.5 Å². The monoisotopic (exact) mass is 239 g/mol. The maximum atomic E-state index is 12.3. The topological polar surface area (TPSA) is 37.4 Å². The number of nitrogens with zero attached hydrogens (tertiary/aromatic N) is 1. The maximum Gasteiger partial charge on any atom is 0.261 e. The van der Waals surface area contributed by atoms with Crippen LogP contribution in [0.1, 0.15) is 34.1 Å². The molecule has 0 N–H and O–H groups in total. The van der Waals surface area contributed by atoms with Crippen LogP contribution in [0, 0.1) is 0 Å². The molecule has 0 atom stereocenters. The van der Waals surface area contributed by atoms with Gasteiger partial charge in [-0.25, -0.2) is 0 Å². The predicted molar refractivity (Wildman–Crippen MR) is 69.6 cm³/mol. The van der Waals surface area contributed by atoms with Crippen molar-refractivity contribution in [1.29, 1.82) is 0 Å².